The normalized spacial score (nSPS) is 10.2. The van der Waals surface area contributed by atoms with E-state index in [9.17, 15) is 4.79 Å². The summed E-state index contributed by atoms with van der Waals surface area (Å²) in [5.74, 6) is 0.476. The largest absolute Gasteiger partial charge is 0.466 e. The van der Waals surface area contributed by atoms with Crippen molar-refractivity contribution >= 4 is 5.97 Å². The van der Waals surface area contributed by atoms with E-state index in [-0.39, 0.29) is 12.4 Å². The number of hydrogen-bond donors (Lipinski definition) is 1. The first-order valence-electron chi connectivity index (χ1n) is 5.39. The molecule has 0 aliphatic heterocycles. The zero-order valence-corrected chi connectivity index (χ0v) is 9.51. The Morgan fingerprint density at radius 2 is 2.18 bits per heavy atom. The van der Waals surface area contributed by atoms with Crippen molar-refractivity contribution in [1.29, 1.82) is 0 Å². The fourth-order valence-corrected chi connectivity index (χ4v) is 1.47. The van der Waals surface area contributed by atoms with Gasteiger partial charge in [-0.05, 0) is 19.1 Å². The van der Waals surface area contributed by atoms with Crippen LogP contribution in [-0.2, 0) is 16.0 Å². The number of carbonyl (C=O) groups excluding carboxylic acids is 1. The molecule has 0 fully saturated rings. The standard InChI is InChI=1S/C12H13N3O2/c1-2-17-11(16)7-10-8-14-12(15-10)9-3-5-13-6-4-9/h3-6,8H,2,7H2,1H3,(H,14,15). The van der Waals surface area contributed by atoms with Crippen LogP contribution in [0.15, 0.2) is 30.7 Å². The average molecular weight is 231 g/mol. The predicted octanol–water partition coefficient (Wildman–Crippen LogP) is 1.58. The molecule has 0 aliphatic rings. The van der Waals surface area contributed by atoms with E-state index >= 15 is 0 Å². The first-order valence-corrected chi connectivity index (χ1v) is 5.39. The number of hydrogen-bond acceptors (Lipinski definition) is 4. The SMILES string of the molecule is CCOC(=O)Cc1cnc(-c2ccncc2)[nH]1. The molecule has 2 aromatic heterocycles. The number of esters is 1. The molecule has 0 saturated carbocycles. The van der Waals surface area contributed by atoms with Gasteiger partial charge in [0.05, 0.1) is 13.0 Å². The van der Waals surface area contributed by atoms with E-state index in [4.69, 9.17) is 4.74 Å². The van der Waals surface area contributed by atoms with E-state index in [1.165, 1.54) is 0 Å². The summed E-state index contributed by atoms with van der Waals surface area (Å²) >= 11 is 0. The Morgan fingerprint density at radius 3 is 2.88 bits per heavy atom. The Balaban J connectivity index is 2.09. The van der Waals surface area contributed by atoms with Crippen LogP contribution in [0.2, 0.25) is 0 Å². The third-order valence-corrected chi connectivity index (χ3v) is 2.22. The van der Waals surface area contributed by atoms with Gasteiger partial charge in [0.2, 0.25) is 0 Å². The lowest BCUT2D eigenvalue weighted by molar-refractivity contribution is -0.142. The first-order chi connectivity index (χ1) is 8.29. The summed E-state index contributed by atoms with van der Waals surface area (Å²) in [5.41, 5.74) is 1.69. The fraction of sp³-hybridized carbons (Fsp3) is 0.250. The topological polar surface area (TPSA) is 67.9 Å². The smallest absolute Gasteiger partial charge is 0.311 e. The minimum absolute atomic E-state index is 0.214. The van der Waals surface area contributed by atoms with Gasteiger partial charge in [-0.15, -0.1) is 0 Å². The van der Waals surface area contributed by atoms with Crippen molar-refractivity contribution in [3.63, 3.8) is 0 Å². The van der Waals surface area contributed by atoms with Crippen LogP contribution < -0.4 is 0 Å². The molecule has 0 atom stereocenters. The van der Waals surface area contributed by atoms with E-state index in [2.05, 4.69) is 15.0 Å². The number of rotatable bonds is 4. The minimum Gasteiger partial charge on any atom is -0.466 e. The number of ether oxygens (including phenoxy) is 1. The van der Waals surface area contributed by atoms with Gasteiger partial charge in [0.15, 0.2) is 0 Å². The monoisotopic (exact) mass is 231 g/mol. The Labute approximate surface area is 98.9 Å². The molecule has 0 aromatic carbocycles. The Bertz CT molecular complexity index is 493. The van der Waals surface area contributed by atoms with Crippen LogP contribution >= 0.6 is 0 Å². The van der Waals surface area contributed by atoms with Gasteiger partial charge in [0.1, 0.15) is 5.82 Å². The highest BCUT2D eigenvalue weighted by atomic mass is 16.5. The lowest BCUT2D eigenvalue weighted by Gasteiger charge is -1.99. The van der Waals surface area contributed by atoms with Crippen LogP contribution in [0.3, 0.4) is 0 Å². The Kier molecular flexibility index (Phi) is 3.49. The van der Waals surface area contributed by atoms with Crippen molar-refractivity contribution in [1.82, 2.24) is 15.0 Å². The second-order valence-electron chi connectivity index (χ2n) is 3.47. The summed E-state index contributed by atoms with van der Waals surface area (Å²) in [4.78, 5) is 22.5. The van der Waals surface area contributed by atoms with Crippen molar-refractivity contribution < 1.29 is 9.53 Å². The Morgan fingerprint density at radius 1 is 1.41 bits per heavy atom. The highest BCUT2D eigenvalue weighted by Crippen LogP contribution is 2.14. The lowest BCUT2D eigenvalue weighted by Crippen LogP contribution is -2.07. The van der Waals surface area contributed by atoms with Gasteiger partial charge in [-0.25, -0.2) is 4.98 Å². The number of imidazole rings is 1. The molecule has 0 spiro atoms. The second-order valence-corrected chi connectivity index (χ2v) is 3.47. The number of aromatic nitrogens is 3. The molecule has 0 saturated heterocycles. The van der Waals surface area contributed by atoms with Crippen LogP contribution in [0.5, 0.6) is 0 Å². The van der Waals surface area contributed by atoms with Crippen LogP contribution in [0.1, 0.15) is 12.6 Å². The number of carbonyl (C=O) groups is 1. The maximum atomic E-state index is 11.3. The number of aromatic amines is 1. The van der Waals surface area contributed by atoms with Crippen molar-refractivity contribution in [2.45, 2.75) is 13.3 Å². The molecular formula is C12H13N3O2. The molecule has 5 heteroatoms. The maximum Gasteiger partial charge on any atom is 0.311 e. The molecule has 2 rings (SSSR count). The molecule has 2 heterocycles. The fourth-order valence-electron chi connectivity index (χ4n) is 1.47. The molecule has 5 nitrogen and oxygen atoms in total. The van der Waals surface area contributed by atoms with Gasteiger partial charge in [0.25, 0.3) is 0 Å². The zero-order chi connectivity index (χ0) is 12.1. The van der Waals surface area contributed by atoms with Crippen LogP contribution in [0.25, 0.3) is 11.4 Å². The number of pyridine rings is 1. The third-order valence-electron chi connectivity index (χ3n) is 2.22. The van der Waals surface area contributed by atoms with Crippen molar-refractivity contribution in [2.24, 2.45) is 0 Å². The Hall–Kier alpha value is -2.17. The second kappa shape index (κ2) is 5.25. The summed E-state index contributed by atoms with van der Waals surface area (Å²) < 4.78 is 4.86. The van der Waals surface area contributed by atoms with Gasteiger partial charge < -0.3 is 9.72 Å². The summed E-state index contributed by atoms with van der Waals surface area (Å²) in [7, 11) is 0. The number of nitrogens with zero attached hydrogens (tertiary/aromatic N) is 2. The van der Waals surface area contributed by atoms with Crippen molar-refractivity contribution in [3.05, 3.63) is 36.4 Å². The van der Waals surface area contributed by atoms with Gasteiger partial charge in [-0.1, -0.05) is 0 Å². The number of nitrogens with one attached hydrogen (secondary N) is 1. The quantitative estimate of drug-likeness (QED) is 0.811. The molecule has 0 unspecified atom stereocenters. The van der Waals surface area contributed by atoms with E-state index in [1.54, 1.807) is 25.5 Å². The molecule has 2 aromatic rings. The summed E-state index contributed by atoms with van der Waals surface area (Å²) in [6.07, 6.45) is 5.25. The highest BCUT2D eigenvalue weighted by Gasteiger charge is 2.08. The maximum absolute atomic E-state index is 11.3. The molecule has 1 N–H and O–H groups in total. The molecule has 17 heavy (non-hydrogen) atoms. The number of H-pyrrole nitrogens is 1. The van der Waals surface area contributed by atoms with Crippen LogP contribution in [-0.4, -0.2) is 27.5 Å². The molecular weight excluding hydrogens is 218 g/mol. The molecule has 0 bridgehead atoms. The van der Waals surface area contributed by atoms with E-state index in [0.29, 0.717) is 6.61 Å². The predicted molar refractivity (Wildman–Crippen MR) is 62.2 cm³/mol. The van der Waals surface area contributed by atoms with Crippen molar-refractivity contribution in [2.75, 3.05) is 6.61 Å². The van der Waals surface area contributed by atoms with Crippen molar-refractivity contribution in [3.8, 4) is 11.4 Å². The molecule has 0 aliphatic carbocycles. The zero-order valence-electron chi connectivity index (χ0n) is 9.51. The minimum atomic E-state index is -0.252. The van der Waals surface area contributed by atoms with Gasteiger partial charge in [-0.2, -0.15) is 0 Å². The molecule has 0 radical (unpaired) electrons. The third kappa shape index (κ3) is 2.90. The van der Waals surface area contributed by atoms with E-state index in [1.807, 2.05) is 12.1 Å². The average Bonchev–Trinajstić information content (AvgIpc) is 2.79. The van der Waals surface area contributed by atoms with Crippen LogP contribution in [0, 0.1) is 0 Å². The molecule has 88 valence electrons. The summed E-state index contributed by atoms with van der Waals surface area (Å²) in [6, 6.07) is 3.71. The van der Waals surface area contributed by atoms with Crippen LogP contribution in [0.4, 0.5) is 0 Å². The summed E-state index contributed by atoms with van der Waals surface area (Å²) in [5, 5.41) is 0. The highest BCUT2D eigenvalue weighted by molar-refractivity contribution is 5.72. The van der Waals surface area contributed by atoms with E-state index in [0.717, 1.165) is 17.1 Å². The summed E-state index contributed by atoms with van der Waals surface area (Å²) in [6.45, 7) is 2.18. The lowest BCUT2D eigenvalue weighted by atomic mass is 10.2. The van der Waals surface area contributed by atoms with Gasteiger partial charge in [0, 0.05) is 29.8 Å². The van der Waals surface area contributed by atoms with E-state index < -0.39 is 0 Å². The first kappa shape index (κ1) is 11.3. The molecule has 0 amide bonds. The van der Waals surface area contributed by atoms with Gasteiger partial charge >= 0.3 is 5.97 Å². The van der Waals surface area contributed by atoms with Gasteiger partial charge in [-0.3, -0.25) is 9.78 Å².